The molecule has 1 fully saturated rings. The number of benzene rings is 2. The summed E-state index contributed by atoms with van der Waals surface area (Å²) in [5.74, 6) is 0. The van der Waals surface area contributed by atoms with Gasteiger partial charge in [-0.15, -0.1) is 0 Å². The summed E-state index contributed by atoms with van der Waals surface area (Å²) >= 11 is 6.17. The molecule has 1 aliphatic heterocycles. The molecule has 3 rings (SSSR count). The van der Waals surface area contributed by atoms with E-state index in [1.807, 2.05) is 13.0 Å². The van der Waals surface area contributed by atoms with Crippen molar-refractivity contribution in [3.8, 4) is 0 Å². The molecule has 5 nitrogen and oxygen atoms in total. The van der Waals surface area contributed by atoms with Crippen LogP contribution in [0.3, 0.4) is 0 Å². The van der Waals surface area contributed by atoms with E-state index in [0.717, 1.165) is 29.2 Å². The number of likely N-dealkylation sites (tertiary alicyclic amines) is 1. The molecule has 2 aromatic rings. The fraction of sp³-hybridized carbons (Fsp3) is 0.409. The smallest absolute Gasteiger partial charge is 0.450 e. The Hall–Kier alpha value is -2.24. The molecule has 28 heavy (non-hydrogen) atoms. The van der Waals surface area contributed by atoms with Gasteiger partial charge < -0.3 is 15.2 Å². The molecule has 0 amide bonds. The highest BCUT2D eigenvalue weighted by molar-refractivity contribution is 6.31. The average Bonchev–Trinajstić information content (AvgIpc) is 2.62. The van der Waals surface area contributed by atoms with Gasteiger partial charge in [-0.2, -0.15) is 0 Å². The number of carbonyl (C=O) groups is 1. The van der Waals surface area contributed by atoms with Gasteiger partial charge in [0.2, 0.25) is 0 Å². The molecule has 1 saturated heterocycles. The third-order valence-corrected chi connectivity index (χ3v) is 5.69. The van der Waals surface area contributed by atoms with Gasteiger partial charge in [0.05, 0.1) is 6.04 Å². The number of halogens is 1. The van der Waals surface area contributed by atoms with Crippen molar-refractivity contribution in [2.24, 2.45) is 0 Å². The summed E-state index contributed by atoms with van der Waals surface area (Å²) in [4.78, 5) is 12.8. The minimum Gasteiger partial charge on any atom is -0.450 e. The quantitative estimate of drug-likeness (QED) is 0.607. The van der Waals surface area contributed by atoms with Crippen molar-refractivity contribution in [3.05, 3.63) is 63.7 Å². The molecule has 6 heteroatoms. The minimum absolute atomic E-state index is 0.211. The van der Waals surface area contributed by atoms with Gasteiger partial charge in [0.25, 0.3) is 0 Å². The second-order valence-corrected chi connectivity index (χ2v) is 7.86. The van der Waals surface area contributed by atoms with Crippen LogP contribution in [-0.2, 0) is 11.3 Å². The summed E-state index contributed by atoms with van der Waals surface area (Å²) in [6.45, 7) is 8.37. The van der Waals surface area contributed by atoms with E-state index in [-0.39, 0.29) is 12.1 Å². The Morgan fingerprint density at radius 2 is 2.00 bits per heavy atom. The molecule has 0 bridgehead atoms. The topological polar surface area (TPSA) is 61.8 Å². The number of carboxylic acid groups (broad SMARTS) is 1. The van der Waals surface area contributed by atoms with E-state index in [1.165, 1.54) is 16.7 Å². The van der Waals surface area contributed by atoms with Crippen LogP contribution < -0.4 is 5.32 Å². The predicted molar refractivity (Wildman–Crippen MR) is 112 cm³/mol. The molecule has 0 radical (unpaired) electrons. The Morgan fingerprint density at radius 1 is 1.25 bits per heavy atom. The molecule has 1 aliphatic rings. The second kappa shape index (κ2) is 8.84. The van der Waals surface area contributed by atoms with Gasteiger partial charge in [0, 0.05) is 30.3 Å². The molecule has 0 aromatic heterocycles. The van der Waals surface area contributed by atoms with E-state index in [0.29, 0.717) is 13.1 Å². The number of nitrogens with zero attached hydrogens (tertiary/aromatic N) is 1. The third-order valence-electron chi connectivity index (χ3n) is 5.27. The Morgan fingerprint density at radius 3 is 2.64 bits per heavy atom. The van der Waals surface area contributed by atoms with Crippen LogP contribution in [0.1, 0.15) is 41.6 Å². The van der Waals surface area contributed by atoms with Crippen LogP contribution in [0.25, 0.3) is 0 Å². The van der Waals surface area contributed by atoms with Crippen molar-refractivity contribution in [1.82, 2.24) is 4.90 Å². The van der Waals surface area contributed by atoms with Crippen LogP contribution in [0.4, 0.5) is 10.5 Å². The minimum atomic E-state index is -1.20. The molecule has 1 heterocycles. The van der Waals surface area contributed by atoms with Crippen LogP contribution in [0, 0.1) is 13.8 Å². The lowest BCUT2D eigenvalue weighted by Gasteiger charge is -2.38. The van der Waals surface area contributed by atoms with Gasteiger partial charge in [-0.3, -0.25) is 4.90 Å². The monoisotopic (exact) mass is 402 g/mol. The number of nitrogens with one attached hydrogen (secondary N) is 1. The molecule has 1 atom stereocenters. The molecule has 0 aliphatic carbocycles. The summed E-state index contributed by atoms with van der Waals surface area (Å²) in [5.41, 5.74) is 5.85. The van der Waals surface area contributed by atoms with E-state index < -0.39 is 6.16 Å². The Kier molecular flexibility index (Phi) is 6.47. The first-order chi connectivity index (χ1) is 13.4. The van der Waals surface area contributed by atoms with E-state index in [2.05, 4.69) is 54.4 Å². The molecule has 2 aromatic carbocycles. The van der Waals surface area contributed by atoms with E-state index >= 15 is 0 Å². The van der Waals surface area contributed by atoms with Crippen molar-refractivity contribution in [3.63, 3.8) is 0 Å². The fourth-order valence-electron chi connectivity index (χ4n) is 3.55. The van der Waals surface area contributed by atoms with Gasteiger partial charge in [-0.05, 0) is 60.7 Å². The summed E-state index contributed by atoms with van der Waals surface area (Å²) in [6, 6.07) is 12.8. The first-order valence-electron chi connectivity index (χ1n) is 9.59. The largest absolute Gasteiger partial charge is 0.506 e. The highest BCUT2D eigenvalue weighted by Gasteiger charge is 2.30. The SMILES string of the molecule is CC[C@@H](Nc1ccc(C)c(CN2CC(OC(=O)O)C2)c1)c1ccc(Cl)c(C)c1. The number of aryl methyl sites for hydroxylation is 2. The van der Waals surface area contributed by atoms with Crippen LogP contribution in [0.2, 0.25) is 5.02 Å². The van der Waals surface area contributed by atoms with E-state index in [4.69, 9.17) is 21.4 Å². The predicted octanol–water partition coefficient (Wildman–Crippen LogP) is 5.40. The molecule has 0 spiro atoms. The van der Waals surface area contributed by atoms with Crippen molar-refractivity contribution < 1.29 is 14.6 Å². The summed E-state index contributed by atoms with van der Waals surface area (Å²) < 4.78 is 4.80. The Bertz CT molecular complexity index is 850. The fourth-order valence-corrected chi connectivity index (χ4v) is 3.67. The summed E-state index contributed by atoms with van der Waals surface area (Å²) in [5, 5.41) is 13.1. The average molecular weight is 403 g/mol. The Labute approximate surface area is 171 Å². The Balaban J connectivity index is 1.66. The maximum absolute atomic E-state index is 10.6. The lowest BCUT2D eigenvalue weighted by atomic mass is 10.0. The zero-order chi connectivity index (χ0) is 20.3. The summed E-state index contributed by atoms with van der Waals surface area (Å²) in [6.07, 6.45) is -0.447. The normalized spacial score (nSPS) is 15.7. The third kappa shape index (κ3) is 4.97. The highest BCUT2D eigenvalue weighted by atomic mass is 35.5. The van der Waals surface area contributed by atoms with Gasteiger partial charge in [-0.1, -0.05) is 36.7 Å². The standard InChI is InChI=1S/C22H27ClN2O3/c1-4-21(16-6-8-20(23)15(3)9-16)24-18-7-5-14(2)17(10-18)11-25-12-19(13-25)28-22(26)27/h5-10,19,21,24H,4,11-13H2,1-3H3,(H,26,27)/t21-/m1/s1. The number of ether oxygens (including phenoxy) is 1. The van der Waals surface area contributed by atoms with Crippen LogP contribution in [0.15, 0.2) is 36.4 Å². The van der Waals surface area contributed by atoms with Crippen LogP contribution in [0.5, 0.6) is 0 Å². The van der Waals surface area contributed by atoms with E-state index in [1.54, 1.807) is 0 Å². The second-order valence-electron chi connectivity index (χ2n) is 7.45. The zero-order valence-corrected chi connectivity index (χ0v) is 17.3. The molecular formula is C22H27ClN2O3. The van der Waals surface area contributed by atoms with Gasteiger partial charge in [0.15, 0.2) is 0 Å². The molecular weight excluding hydrogens is 376 g/mol. The molecule has 0 unspecified atom stereocenters. The number of anilines is 1. The molecule has 150 valence electrons. The van der Waals surface area contributed by atoms with Gasteiger partial charge in [0.1, 0.15) is 6.10 Å². The van der Waals surface area contributed by atoms with E-state index in [9.17, 15) is 4.79 Å². The van der Waals surface area contributed by atoms with Crippen molar-refractivity contribution in [1.29, 1.82) is 0 Å². The first kappa shape index (κ1) is 20.5. The highest BCUT2D eigenvalue weighted by Crippen LogP contribution is 2.28. The first-order valence-corrected chi connectivity index (χ1v) is 9.97. The van der Waals surface area contributed by atoms with Gasteiger partial charge in [-0.25, -0.2) is 4.79 Å². The molecule has 2 N–H and O–H groups in total. The zero-order valence-electron chi connectivity index (χ0n) is 16.5. The number of hydrogen-bond donors (Lipinski definition) is 2. The van der Waals surface area contributed by atoms with Crippen molar-refractivity contribution in [2.75, 3.05) is 18.4 Å². The lowest BCUT2D eigenvalue weighted by molar-refractivity contribution is -0.0363. The number of rotatable bonds is 7. The maximum atomic E-state index is 10.6. The summed E-state index contributed by atoms with van der Waals surface area (Å²) in [7, 11) is 0. The maximum Gasteiger partial charge on any atom is 0.506 e. The van der Waals surface area contributed by atoms with Crippen LogP contribution in [-0.4, -0.2) is 35.4 Å². The van der Waals surface area contributed by atoms with Crippen LogP contribution >= 0.6 is 11.6 Å². The lowest BCUT2D eigenvalue weighted by Crippen LogP contribution is -2.52. The number of hydrogen-bond acceptors (Lipinski definition) is 4. The van der Waals surface area contributed by atoms with Gasteiger partial charge >= 0.3 is 6.16 Å². The van der Waals surface area contributed by atoms with Crippen molar-refractivity contribution in [2.45, 2.75) is 45.9 Å². The molecule has 0 saturated carbocycles. The van der Waals surface area contributed by atoms with Crippen molar-refractivity contribution >= 4 is 23.4 Å².